The van der Waals surface area contributed by atoms with E-state index in [4.69, 9.17) is 11.6 Å². The Labute approximate surface area is 139 Å². The summed E-state index contributed by atoms with van der Waals surface area (Å²) in [5.74, 6) is 0.553. The summed E-state index contributed by atoms with van der Waals surface area (Å²) in [7, 11) is 1.86. The highest BCUT2D eigenvalue weighted by molar-refractivity contribution is 6.30. The van der Waals surface area contributed by atoms with Crippen molar-refractivity contribution in [1.29, 1.82) is 0 Å². The molecule has 21 heavy (non-hydrogen) atoms. The molecule has 0 radical (unpaired) electrons. The normalized spacial score (nSPS) is 13.4. The minimum atomic E-state index is -0.0398. The molecule has 2 unspecified atom stereocenters. The van der Waals surface area contributed by atoms with Crippen molar-refractivity contribution in [2.75, 3.05) is 13.6 Å². The lowest BCUT2D eigenvalue weighted by Crippen LogP contribution is -2.37. The van der Waals surface area contributed by atoms with Crippen LogP contribution in [0.2, 0.25) is 5.02 Å². The Bertz CT molecular complexity index is 421. The minimum Gasteiger partial charge on any atom is -0.349 e. The topological polar surface area (TPSA) is 41.1 Å². The standard InChI is InChI=1S/C16H25ClN2O.ClH/c1-11(2)9-15(13-5-7-14(17)8-6-13)19-16(20)12(3)10-18-4;/h5-8,11-12,15,18H,9-10H2,1-4H3,(H,19,20);1H. The summed E-state index contributed by atoms with van der Waals surface area (Å²) in [4.78, 5) is 12.2. The fourth-order valence-corrected chi connectivity index (χ4v) is 2.28. The van der Waals surface area contributed by atoms with Gasteiger partial charge in [0, 0.05) is 17.5 Å². The number of benzene rings is 1. The zero-order valence-corrected chi connectivity index (χ0v) is 14.7. The number of carbonyl (C=O) groups is 1. The molecule has 0 fully saturated rings. The molecule has 1 rings (SSSR count). The van der Waals surface area contributed by atoms with Crippen LogP contribution in [-0.4, -0.2) is 19.5 Å². The highest BCUT2D eigenvalue weighted by atomic mass is 35.5. The fraction of sp³-hybridized carbons (Fsp3) is 0.562. The molecule has 0 aromatic heterocycles. The first kappa shape index (κ1) is 20.2. The first-order valence-electron chi connectivity index (χ1n) is 7.14. The Balaban J connectivity index is 0.00000400. The third-order valence-corrected chi connectivity index (χ3v) is 3.51. The molecule has 0 aliphatic carbocycles. The summed E-state index contributed by atoms with van der Waals surface area (Å²) in [6, 6.07) is 7.75. The summed E-state index contributed by atoms with van der Waals surface area (Å²) < 4.78 is 0. The number of nitrogens with one attached hydrogen (secondary N) is 2. The van der Waals surface area contributed by atoms with Gasteiger partial charge < -0.3 is 10.6 Å². The van der Waals surface area contributed by atoms with Crippen molar-refractivity contribution < 1.29 is 4.79 Å². The number of halogens is 2. The van der Waals surface area contributed by atoms with E-state index in [1.165, 1.54) is 0 Å². The lowest BCUT2D eigenvalue weighted by molar-refractivity contribution is -0.125. The summed E-state index contributed by atoms with van der Waals surface area (Å²) in [5.41, 5.74) is 1.10. The molecule has 0 bridgehead atoms. The van der Waals surface area contributed by atoms with Gasteiger partial charge in [0.25, 0.3) is 0 Å². The van der Waals surface area contributed by atoms with Gasteiger partial charge in [0.1, 0.15) is 0 Å². The maximum atomic E-state index is 12.2. The van der Waals surface area contributed by atoms with Crippen LogP contribution < -0.4 is 10.6 Å². The smallest absolute Gasteiger partial charge is 0.224 e. The maximum Gasteiger partial charge on any atom is 0.224 e. The molecule has 0 heterocycles. The van der Waals surface area contributed by atoms with Crippen molar-refractivity contribution in [3.8, 4) is 0 Å². The predicted molar refractivity (Wildman–Crippen MR) is 92.1 cm³/mol. The Hall–Kier alpha value is -0.770. The van der Waals surface area contributed by atoms with Crippen molar-refractivity contribution >= 4 is 29.9 Å². The van der Waals surface area contributed by atoms with Crippen LogP contribution in [0.15, 0.2) is 24.3 Å². The Morgan fingerprint density at radius 1 is 1.19 bits per heavy atom. The lowest BCUT2D eigenvalue weighted by Gasteiger charge is -2.23. The van der Waals surface area contributed by atoms with Crippen LogP contribution in [0.25, 0.3) is 0 Å². The second kappa shape index (κ2) is 10.0. The quantitative estimate of drug-likeness (QED) is 0.796. The molecule has 0 saturated carbocycles. The van der Waals surface area contributed by atoms with Crippen LogP contribution in [0.3, 0.4) is 0 Å². The van der Waals surface area contributed by atoms with Crippen LogP contribution >= 0.6 is 24.0 Å². The van der Waals surface area contributed by atoms with Crippen LogP contribution in [0.5, 0.6) is 0 Å². The summed E-state index contributed by atoms with van der Waals surface area (Å²) >= 11 is 5.92. The van der Waals surface area contributed by atoms with E-state index in [9.17, 15) is 4.79 Å². The van der Waals surface area contributed by atoms with E-state index in [1.54, 1.807) is 0 Å². The summed E-state index contributed by atoms with van der Waals surface area (Å²) in [6.45, 7) is 6.93. The van der Waals surface area contributed by atoms with Gasteiger partial charge in [-0.05, 0) is 37.1 Å². The van der Waals surface area contributed by atoms with Crippen LogP contribution in [-0.2, 0) is 4.79 Å². The van der Waals surface area contributed by atoms with Gasteiger partial charge in [-0.25, -0.2) is 0 Å². The van der Waals surface area contributed by atoms with Gasteiger partial charge in [0.2, 0.25) is 5.91 Å². The van der Waals surface area contributed by atoms with Crippen molar-refractivity contribution in [1.82, 2.24) is 10.6 Å². The zero-order chi connectivity index (χ0) is 15.1. The molecule has 1 aromatic carbocycles. The Morgan fingerprint density at radius 3 is 2.24 bits per heavy atom. The molecule has 5 heteroatoms. The SMILES string of the molecule is CNCC(C)C(=O)NC(CC(C)C)c1ccc(Cl)cc1.Cl. The molecule has 1 amide bonds. The number of rotatable bonds is 7. The van der Waals surface area contributed by atoms with Crippen LogP contribution in [0.4, 0.5) is 0 Å². The molecule has 1 aromatic rings. The van der Waals surface area contributed by atoms with Crippen molar-refractivity contribution in [3.05, 3.63) is 34.9 Å². The highest BCUT2D eigenvalue weighted by Crippen LogP contribution is 2.23. The van der Waals surface area contributed by atoms with Gasteiger partial charge in [-0.2, -0.15) is 0 Å². The van der Waals surface area contributed by atoms with Crippen molar-refractivity contribution in [2.45, 2.75) is 33.2 Å². The predicted octanol–water partition coefficient (Wildman–Crippen LogP) is 3.82. The van der Waals surface area contributed by atoms with Gasteiger partial charge in [0.15, 0.2) is 0 Å². The van der Waals surface area contributed by atoms with E-state index in [1.807, 2.05) is 38.2 Å². The van der Waals surface area contributed by atoms with E-state index < -0.39 is 0 Å². The van der Waals surface area contributed by atoms with Gasteiger partial charge in [-0.15, -0.1) is 12.4 Å². The van der Waals surface area contributed by atoms with E-state index in [-0.39, 0.29) is 30.3 Å². The number of carbonyl (C=O) groups excluding carboxylic acids is 1. The summed E-state index contributed by atoms with van der Waals surface area (Å²) in [5, 5.41) is 6.89. The number of amides is 1. The maximum absolute atomic E-state index is 12.2. The average molecular weight is 333 g/mol. The largest absolute Gasteiger partial charge is 0.349 e. The second-order valence-electron chi connectivity index (χ2n) is 5.70. The molecule has 0 saturated heterocycles. The van der Waals surface area contributed by atoms with E-state index in [0.717, 1.165) is 12.0 Å². The van der Waals surface area contributed by atoms with Crippen molar-refractivity contribution in [2.24, 2.45) is 11.8 Å². The molecule has 3 nitrogen and oxygen atoms in total. The van der Waals surface area contributed by atoms with Crippen molar-refractivity contribution in [3.63, 3.8) is 0 Å². The lowest BCUT2D eigenvalue weighted by atomic mass is 9.96. The van der Waals surface area contributed by atoms with Gasteiger partial charge in [-0.1, -0.05) is 44.5 Å². The monoisotopic (exact) mass is 332 g/mol. The number of hydrogen-bond donors (Lipinski definition) is 2. The van der Waals surface area contributed by atoms with E-state index in [2.05, 4.69) is 24.5 Å². The Kier molecular flexibility index (Phi) is 9.67. The number of hydrogen-bond acceptors (Lipinski definition) is 2. The second-order valence-corrected chi connectivity index (χ2v) is 6.14. The first-order valence-corrected chi connectivity index (χ1v) is 7.52. The van der Waals surface area contributed by atoms with E-state index in [0.29, 0.717) is 17.5 Å². The molecule has 0 aliphatic heterocycles. The fourth-order valence-electron chi connectivity index (χ4n) is 2.16. The molecule has 2 N–H and O–H groups in total. The van der Waals surface area contributed by atoms with Gasteiger partial charge >= 0.3 is 0 Å². The zero-order valence-electron chi connectivity index (χ0n) is 13.2. The van der Waals surface area contributed by atoms with Crippen LogP contribution in [0.1, 0.15) is 38.8 Å². The average Bonchev–Trinajstić information content (AvgIpc) is 2.38. The summed E-state index contributed by atoms with van der Waals surface area (Å²) in [6.07, 6.45) is 0.916. The molecule has 0 spiro atoms. The third-order valence-electron chi connectivity index (χ3n) is 3.25. The van der Waals surface area contributed by atoms with E-state index >= 15 is 0 Å². The molecular formula is C16H26Cl2N2O. The van der Waals surface area contributed by atoms with Gasteiger partial charge in [0.05, 0.1) is 6.04 Å². The Morgan fingerprint density at radius 2 is 1.76 bits per heavy atom. The molecule has 120 valence electrons. The minimum absolute atomic E-state index is 0. The van der Waals surface area contributed by atoms with Crippen LogP contribution in [0, 0.1) is 11.8 Å². The highest BCUT2D eigenvalue weighted by Gasteiger charge is 2.19. The first-order chi connectivity index (χ1) is 9.43. The third kappa shape index (κ3) is 7.16. The molecule has 2 atom stereocenters. The molecular weight excluding hydrogens is 307 g/mol. The molecule has 0 aliphatic rings. The van der Waals surface area contributed by atoms with Gasteiger partial charge in [-0.3, -0.25) is 4.79 Å².